The summed E-state index contributed by atoms with van der Waals surface area (Å²) in [6.45, 7) is 0. The van der Waals surface area contributed by atoms with Crippen LogP contribution in [0.25, 0.3) is 0 Å². The van der Waals surface area contributed by atoms with Crippen molar-refractivity contribution in [3.05, 3.63) is 0 Å². The fourth-order valence-electron chi connectivity index (χ4n) is 1.37. The first-order valence-corrected chi connectivity index (χ1v) is 4.65. The summed E-state index contributed by atoms with van der Waals surface area (Å²) in [7, 11) is 0. The average Bonchev–Trinajstić information content (AvgIpc) is 2.09. The summed E-state index contributed by atoms with van der Waals surface area (Å²) in [6.07, 6.45) is 3.32. The van der Waals surface area contributed by atoms with E-state index >= 15 is 0 Å². The summed E-state index contributed by atoms with van der Waals surface area (Å²) in [5.41, 5.74) is 0. The van der Waals surface area contributed by atoms with Crippen LogP contribution in [0.15, 0.2) is 0 Å². The van der Waals surface area contributed by atoms with Crippen molar-refractivity contribution in [2.24, 2.45) is 0 Å². The number of Topliss-reactive ketones (excluding diaryl/α,β-unsaturated/α-hetero) is 1. The first kappa shape index (κ1) is 9.52. The van der Waals surface area contributed by atoms with E-state index in [2.05, 4.69) is 5.32 Å². The number of halogens is 1. The highest BCUT2D eigenvalue weighted by atomic mass is 35.5. The van der Waals surface area contributed by atoms with Crippen LogP contribution in [-0.4, -0.2) is 23.6 Å². The molecule has 0 aliphatic heterocycles. The minimum absolute atomic E-state index is 0.0657. The van der Waals surface area contributed by atoms with E-state index in [4.69, 9.17) is 11.6 Å². The fourth-order valence-corrected chi connectivity index (χ4v) is 1.45. The summed E-state index contributed by atoms with van der Waals surface area (Å²) in [4.78, 5) is 22.0. The lowest BCUT2D eigenvalue weighted by Crippen LogP contribution is -2.42. The number of nitrogens with one attached hydrogen (secondary N) is 1. The fraction of sp³-hybridized carbons (Fsp3) is 0.750. The van der Waals surface area contributed by atoms with Gasteiger partial charge in [0.05, 0.1) is 6.04 Å². The highest BCUT2D eigenvalue weighted by Gasteiger charge is 2.22. The number of carbonyl (C=O) groups is 2. The summed E-state index contributed by atoms with van der Waals surface area (Å²) in [5.74, 6) is -0.180. The molecule has 68 valence electrons. The number of alkyl halides is 1. The van der Waals surface area contributed by atoms with E-state index < -0.39 is 0 Å². The topological polar surface area (TPSA) is 46.2 Å². The maximum Gasteiger partial charge on any atom is 0.235 e. The molecule has 12 heavy (non-hydrogen) atoms. The zero-order valence-electron chi connectivity index (χ0n) is 6.81. The summed E-state index contributed by atoms with van der Waals surface area (Å²) < 4.78 is 0. The Hall–Kier alpha value is -0.570. The normalized spacial score (nSPS) is 23.8. The molecule has 0 saturated heterocycles. The van der Waals surface area contributed by atoms with Crippen molar-refractivity contribution >= 4 is 23.3 Å². The number of ketones is 1. The Balaban J connectivity index is 2.39. The van der Waals surface area contributed by atoms with E-state index in [0.29, 0.717) is 6.42 Å². The molecule has 0 aromatic carbocycles. The molecular weight excluding hydrogens is 178 g/mol. The standard InChI is InChI=1S/C8H12ClNO2/c9-5-8(12)10-6-3-1-2-4-7(6)11/h6H,1-5H2,(H,10,12). The molecule has 1 rings (SSSR count). The van der Waals surface area contributed by atoms with Crippen LogP contribution in [0.5, 0.6) is 0 Å². The molecule has 1 fully saturated rings. The van der Waals surface area contributed by atoms with Gasteiger partial charge in [-0.15, -0.1) is 11.6 Å². The Morgan fingerprint density at radius 1 is 1.58 bits per heavy atom. The quantitative estimate of drug-likeness (QED) is 0.655. The van der Waals surface area contributed by atoms with Crippen molar-refractivity contribution in [2.75, 3.05) is 5.88 Å². The smallest absolute Gasteiger partial charge is 0.235 e. The molecule has 1 N–H and O–H groups in total. The van der Waals surface area contributed by atoms with E-state index in [1.807, 2.05) is 0 Å². The summed E-state index contributed by atoms with van der Waals surface area (Å²) in [6, 6.07) is -0.273. The van der Waals surface area contributed by atoms with Crippen molar-refractivity contribution in [1.82, 2.24) is 5.32 Å². The van der Waals surface area contributed by atoms with Crippen LogP contribution >= 0.6 is 11.6 Å². The van der Waals surface area contributed by atoms with Gasteiger partial charge < -0.3 is 5.32 Å². The maximum atomic E-state index is 11.2. The van der Waals surface area contributed by atoms with Gasteiger partial charge in [-0.3, -0.25) is 9.59 Å². The molecule has 1 aliphatic rings. The van der Waals surface area contributed by atoms with Crippen LogP contribution < -0.4 is 5.32 Å². The molecule has 0 heterocycles. The summed E-state index contributed by atoms with van der Waals surface area (Å²) in [5, 5.41) is 2.60. The van der Waals surface area contributed by atoms with Gasteiger partial charge in [-0.25, -0.2) is 0 Å². The second kappa shape index (κ2) is 4.45. The minimum Gasteiger partial charge on any atom is -0.345 e. The molecule has 1 saturated carbocycles. The molecule has 1 atom stereocenters. The Labute approximate surface area is 76.5 Å². The number of hydrogen-bond acceptors (Lipinski definition) is 2. The highest BCUT2D eigenvalue weighted by molar-refractivity contribution is 6.27. The van der Waals surface area contributed by atoms with Crippen LogP contribution in [0.2, 0.25) is 0 Å². The van der Waals surface area contributed by atoms with Gasteiger partial charge in [0.2, 0.25) is 5.91 Å². The minimum atomic E-state index is -0.273. The Morgan fingerprint density at radius 2 is 2.33 bits per heavy atom. The first-order valence-electron chi connectivity index (χ1n) is 4.12. The zero-order chi connectivity index (χ0) is 8.97. The Kier molecular flexibility index (Phi) is 3.53. The number of carbonyl (C=O) groups excluding carboxylic acids is 2. The van der Waals surface area contributed by atoms with E-state index in [1.54, 1.807) is 0 Å². The summed E-state index contributed by atoms with van der Waals surface area (Å²) >= 11 is 5.30. The van der Waals surface area contributed by atoms with Crippen LogP contribution in [0, 0.1) is 0 Å². The Bertz CT molecular complexity index is 193. The van der Waals surface area contributed by atoms with Crippen molar-refractivity contribution in [1.29, 1.82) is 0 Å². The van der Waals surface area contributed by atoms with Crippen molar-refractivity contribution in [3.8, 4) is 0 Å². The predicted octanol–water partition coefficient (Wildman–Crippen LogP) is 0.853. The van der Waals surface area contributed by atoms with Gasteiger partial charge >= 0.3 is 0 Å². The molecule has 1 aliphatic carbocycles. The van der Waals surface area contributed by atoms with Crippen molar-refractivity contribution < 1.29 is 9.59 Å². The molecule has 0 aromatic heterocycles. The van der Waals surface area contributed by atoms with Gasteiger partial charge in [-0.2, -0.15) is 0 Å². The SMILES string of the molecule is O=C(CCl)NC1CCCCC1=O. The van der Waals surface area contributed by atoms with E-state index in [0.717, 1.165) is 19.3 Å². The molecule has 4 heteroatoms. The van der Waals surface area contributed by atoms with E-state index in [1.165, 1.54) is 0 Å². The van der Waals surface area contributed by atoms with Gasteiger partial charge in [0, 0.05) is 6.42 Å². The molecule has 1 unspecified atom stereocenters. The molecule has 1 amide bonds. The number of rotatable bonds is 2. The molecule has 0 spiro atoms. The monoisotopic (exact) mass is 189 g/mol. The van der Waals surface area contributed by atoms with Crippen LogP contribution in [0.1, 0.15) is 25.7 Å². The largest absolute Gasteiger partial charge is 0.345 e. The predicted molar refractivity (Wildman–Crippen MR) is 46.1 cm³/mol. The molecule has 3 nitrogen and oxygen atoms in total. The van der Waals surface area contributed by atoms with E-state index in [-0.39, 0.29) is 23.6 Å². The number of amides is 1. The maximum absolute atomic E-state index is 11.2. The highest BCUT2D eigenvalue weighted by Crippen LogP contribution is 2.14. The third-order valence-electron chi connectivity index (χ3n) is 2.01. The average molecular weight is 190 g/mol. The van der Waals surface area contributed by atoms with Gasteiger partial charge in [0.15, 0.2) is 5.78 Å². The van der Waals surface area contributed by atoms with Crippen LogP contribution in [-0.2, 0) is 9.59 Å². The van der Waals surface area contributed by atoms with Gasteiger partial charge in [-0.1, -0.05) is 6.42 Å². The van der Waals surface area contributed by atoms with Gasteiger partial charge in [0.25, 0.3) is 0 Å². The lowest BCUT2D eigenvalue weighted by atomic mass is 9.94. The second-order valence-electron chi connectivity index (χ2n) is 2.97. The lowest BCUT2D eigenvalue weighted by molar-refractivity contribution is -0.127. The zero-order valence-corrected chi connectivity index (χ0v) is 7.56. The van der Waals surface area contributed by atoms with Crippen molar-refractivity contribution in [3.63, 3.8) is 0 Å². The second-order valence-corrected chi connectivity index (χ2v) is 3.23. The van der Waals surface area contributed by atoms with Gasteiger partial charge in [0.1, 0.15) is 5.88 Å². The van der Waals surface area contributed by atoms with E-state index in [9.17, 15) is 9.59 Å². The third kappa shape index (κ3) is 2.48. The first-order chi connectivity index (χ1) is 5.74. The van der Waals surface area contributed by atoms with Crippen LogP contribution in [0.3, 0.4) is 0 Å². The molecular formula is C8H12ClNO2. The molecule has 0 radical (unpaired) electrons. The molecule has 0 bridgehead atoms. The third-order valence-corrected chi connectivity index (χ3v) is 2.25. The molecule has 0 aromatic rings. The van der Waals surface area contributed by atoms with Crippen LogP contribution in [0.4, 0.5) is 0 Å². The number of hydrogen-bond donors (Lipinski definition) is 1. The van der Waals surface area contributed by atoms with Gasteiger partial charge in [-0.05, 0) is 12.8 Å². The lowest BCUT2D eigenvalue weighted by Gasteiger charge is -2.20. The van der Waals surface area contributed by atoms with Crippen molar-refractivity contribution in [2.45, 2.75) is 31.7 Å². The Morgan fingerprint density at radius 3 is 2.92 bits per heavy atom.